The molecule has 0 aliphatic heterocycles. The van der Waals surface area contributed by atoms with Gasteiger partial charge in [-0.2, -0.15) is 5.26 Å². The van der Waals surface area contributed by atoms with Gasteiger partial charge in [-0.05, 0) is 37.1 Å². The van der Waals surface area contributed by atoms with Crippen molar-refractivity contribution in [3.8, 4) is 11.8 Å². The molecule has 20 heavy (non-hydrogen) atoms. The first kappa shape index (κ1) is 16.8. The van der Waals surface area contributed by atoms with Crippen LogP contribution < -0.4 is 4.74 Å². The lowest BCUT2D eigenvalue weighted by molar-refractivity contribution is 0.198. The van der Waals surface area contributed by atoms with Gasteiger partial charge in [0.15, 0.2) is 0 Å². The second kappa shape index (κ2) is 6.02. The van der Waals surface area contributed by atoms with Crippen LogP contribution in [0.4, 0.5) is 0 Å². The summed E-state index contributed by atoms with van der Waals surface area (Å²) in [5, 5.41) is 8.89. The molecule has 0 bridgehead atoms. The normalized spacial score (nSPS) is 12.0. The quantitative estimate of drug-likeness (QED) is 0.783. The standard InChI is InChI=1S/C14H18ClNO3S/c1-10-5-12(7-16)6-11(2)13(10)19-8-14(3,4)9-20(15,17)18/h5-6H,8-9H2,1-4H3. The Morgan fingerprint density at radius 3 is 2.20 bits per heavy atom. The summed E-state index contributed by atoms with van der Waals surface area (Å²) in [7, 11) is 1.71. The number of benzene rings is 1. The lowest BCUT2D eigenvalue weighted by Crippen LogP contribution is -2.28. The van der Waals surface area contributed by atoms with Crippen molar-refractivity contribution in [3.63, 3.8) is 0 Å². The van der Waals surface area contributed by atoms with Crippen molar-refractivity contribution in [2.45, 2.75) is 27.7 Å². The van der Waals surface area contributed by atoms with Crippen LogP contribution in [0.2, 0.25) is 0 Å². The second-order valence-corrected chi connectivity index (χ2v) is 8.46. The SMILES string of the molecule is Cc1cc(C#N)cc(C)c1OCC(C)(C)CS(=O)(=O)Cl. The van der Waals surface area contributed by atoms with Crippen molar-refractivity contribution in [1.82, 2.24) is 0 Å². The average molecular weight is 316 g/mol. The molecule has 0 aliphatic rings. The van der Waals surface area contributed by atoms with Gasteiger partial charge in [0.05, 0.1) is 24.0 Å². The summed E-state index contributed by atoms with van der Waals surface area (Å²) >= 11 is 0. The molecule has 0 radical (unpaired) electrons. The molecule has 0 aliphatic carbocycles. The van der Waals surface area contributed by atoms with Crippen LogP contribution in [0.1, 0.15) is 30.5 Å². The van der Waals surface area contributed by atoms with E-state index in [2.05, 4.69) is 6.07 Å². The molecule has 110 valence electrons. The zero-order valence-corrected chi connectivity index (χ0v) is 13.6. The van der Waals surface area contributed by atoms with E-state index in [9.17, 15) is 8.42 Å². The van der Waals surface area contributed by atoms with Gasteiger partial charge in [-0.3, -0.25) is 0 Å². The third-order valence-electron chi connectivity index (χ3n) is 2.76. The summed E-state index contributed by atoms with van der Waals surface area (Å²) in [6.07, 6.45) is 0. The predicted octanol–water partition coefficient (Wildman–Crippen LogP) is 3.15. The highest BCUT2D eigenvalue weighted by Gasteiger charge is 2.26. The van der Waals surface area contributed by atoms with Gasteiger partial charge in [-0.25, -0.2) is 8.42 Å². The smallest absolute Gasteiger partial charge is 0.233 e. The molecule has 6 heteroatoms. The first-order valence-electron chi connectivity index (χ1n) is 6.10. The summed E-state index contributed by atoms with van der Waals surface area (Å²) in [6.45, 7) is 7.50. The summed E-state index contributed by atoms with van der Waals surface area (Å²) < 4.78 is 28.0. The third kappa shape index (κ3) is 5.03. The first-order valence-corrected chi connectivity index (χ1v) is 8.58. The van der Waals surface area contributed by atoms with E-state index in [0.29, 0.717) is 11.3 Å². The lowest BCUT2D eigenvalue weighted by Gasteiger charge is -2.24. The minimum atomic E-state index is -3.57. The number of halogens is 1. The third-order valence-corrected chi connectivity index (χ3v) is 4.21. The zero-order valence-electron chi connectivity index (χ0n) is 12.0. The number of hydrogen-bond acceptors (Lipinski definition) is 4. The van der Waals surface area contributed by atoms with Crippen LogP contribution in [0, 0.1) is 30.6 Å². The number of aryl methyl sites for hydroxylation is 2. The molecule has 0 N–H and O–H groups in total. The fourth-order valence-corrected chi connectivity index (χ4v) is 3.92. The zero-order chi connectivity index (χ0) is 15.6. The Bertz CT molecular complexity index is 622. The Morgan fingerprint density at radius 1 is 1.30 bits per heavy atom. The molecular weight excluding hydrogens is 298 g/mol. The highest BCUT2D eigenvalue weighted by atomic mass is 35.7. The van der Waals surface area contributed by atoms with Gasteiger partial charge in [-0.15, -0.1) is 0 Å². The van der Waals surface area contributed by atoms with Crippen molar-refractivity contribution < 1.29 is 13.2 Å². The fraction of sp³-hybridized carbons (Fsp3) is 0.500. The molecule has 0 atom stereocenters. The Labute approximate surface area is 124 Å². The maximum Gasteiger partial charge on any atom is 0.233 e. The number of rotatable bonds is 5. The van der Waals surface area contributed by atoms with Crippen molar-refractivity contribution in [1.29, 1.82) is 5.26 Å². The maximum absolute atomic E-state index is 11.1. The summed E-state index contributed by atoms with van der Waals surface area (Å²) in [6, 6.07) is 5.57. The Hall–Kier alpha value is -1.25. The highest BCUT2D eigenvalue weighted by molar-refractivity contribution is 8.13. The number of ether oxygens (including phenoxy) is 1. The largest absolute Gasteiger partial charge is 0.492 e. The topological polar surface area (TPSA) is 67.2 Å². The predicted molar refractivity (Wildman–Crippen MR) is 79.5 cm³/mol. The van der Waals surface area contributed by atoms with Gasteiger partial charge in [-0.1, -0.05) is 13.8 Å². The Balaban J connectivity index is 2.88. The van der Waals surface area contributed by atoms with Gasteiger partial charge in [0.2, 0.25) is 9.05 Å². The van der Waals surface area contributed by atoms with Crippen LogP contribution in [-0.2, 0) is 9.05 Å². The van der Waals surface area contributed by atoms with Crippen LogP contribution in [0.25, 0.3) is 0 Å². The van der Waals surface area contributed by atoms with E-state index in [1.165, 1.54) is 0 Å². The van der Waals surface area contributed by atoms with Crippen LogP contribution in [-0.4, -0.2) is 20.8 Å². The minimum absolute atomic E-state index is 0.157. The van der Waals surface area contributed by atoms with E-state index in [1.54, 1.807) is 26.0 Å². The second-order valence-electron chi connectivity index (χ2n) is 5.69. The molecule has 0 saturated carbocycles. The van der Waals surface area contributed by atoms with Crippen LogP contribution in [0.5, 0.6) is 5.75 Å². The molecule has 1 rings (SSSR count). The molecular formula is C14H18ClNO3S. The molecule has 4 nitrogen and oxygen atoms in total. The van der Waals surface area contributed by atoms with Gasteiger partial charge in [0, 0.05) is 16.1 Å². The number of nitriles is 1. The highest BCUT2D eigenvalue weighted by Crippen LogP contribution is 2.28. The minimum Gasteiger partial charge on any atom is -0.492 e. The Kier molecular flexibility index (Phi) is 5.06. The fourth-order valence-electron chi connectivity index (χ4n) is 2.02. The van der Waals surface area contributed by atoms with Crippen LogP contribution >= 0.6 is 10.7 Å². The summed E-state index contributed by atoms with van der Waals surface area (Å²) in [5.41, 5.74) is 1.69. The maximum atomic E-state index is 11.1. The number of nitrogens with zero attached hydrogens (tertiary/aromatic N) is 1. The summed E-state index contributed by atoms with van der Waals surface area (Å²) in [5.74, 6) is 0.527. The van der Waals surface area contributed by atoms with Crippen molar-refractivity contribution >= 4 is 19.7 Å². The molecule has 0 fully saturated rings. The van der Waals surface area contributed by atoms with E-state index < -0.39 is 14.5 Å². The van der Waals surface area contributed by atoms with Gasteiger partial charge in [0.1, 0.15) is 5.75 Å². The van der Waals surface area contributed by atoms with Gasteiger partial charge in [0.25, 0.3) is 0 Å². The van der Waals surface area contributed by atoms with Crippen LogP contribution in [0.15, 0.2) is 12.1 Å². The van der Waals surface area contributed by atoms with E-state index in [0.717, 1.165) is 11.1 Å². The average Bonchev–Trinajstić information content (AvgIpc) is 2.23. The molecule has 1 aromatic rings. The first-order chi connectivity index (χ1) is 9.04. The van der Waals surface area contributed by atoms with Crippen molar-refractivity contribution in [2.75, 3.05) is 12.4 Å². The van der Waals surface area contributed by atoms with Gasteiger partial charge < -0.3 is 4.74 Å². The number of hydrogen-bond donors (Lipinski definition) is 0. The molecule has 1 aromatic carbocycles. The van der Waals surface area contributed by atoms with Crippen LogP contribution in [0.3, 0.4) is 0 Å². The van der Waals surface area contributed by atoms with E-state index in [-0.39, 0.29) is 12.4 Å². The molecule has 0 saturated heterocycles. The van der Waals surface area contributed by atoms with Gasteiger partial charge >= 0.3 is 0 Å². The van der Waals surface area contributed by atoms with Crippen molar-refractivity contribution in [2.24, 2.45) is 5.41 Å². The van der Waals surface area contributed by atoms with E-state index in [4.69, 9.17) is 20.7 Å². The lowest BCUT2D eigenvalue weighted by atomic mass is 9.98. The van der Waals surface area contributed by atoms with E-state index in [1.807, 2.05) is 13.8 Å². The van der Waals surface area contributed by atoms with Crippen molar-refractivity contribution in [3.05, 3.63) is 28.8 Å². The molecule has 0 aromatic heterocycles. The molecule has 0 spiro atoms. The molecule has 0 unspecified atom stereocenters. The molecule has 0 heterocycles. The van der Waals surface area contributed by atoms with E-state index >= 15 is 0 Å². The molecule has 0 amide bonds. The summed E-state index contributed by atoms with van der Waals surface area (Å²) in [4.78, 5) is 0. The Morgan fingerprint density at radius 2 is 1.80 bits per heavy atom. The monoisotopic (exact) mass is 315 g/mol.